The Morgan fingerprint density at radius 2 is 1.74 bits per heavy atom. The molecule has 11 heteroatoms. The summed E-state index contributed by atoms with van der Waals surface area (Å²) in [7, 11) is 0. The smallest absolute Gasteiger partial charge is 0.416 e. The fourth-order valence-electron chi connectivity index (χ4n) is 4.02. The Hall–Kier alpha value is -3.76. The van der Waals surface area contributed by atoms with Crippen LogP contribution in [-0.2, 0) is 11.0 Å². The van der Waals surface area contributed by atoms with E-state index in [9.17, 15) is 27.6 Å². The number of rotatable bonds is 8. The standard InChI is InChI=1S/C24H26F3N3O5/c25-24(26,27)17-6-4-5-15(11-17)22(32)28-13-21(31)30-20-10-9-18(29-23(33)34)12-16(20)14-35-19-7-2-1-3-8-19/h1-8,11,16,18,20,29H,9-10,12-14H2,(H,28,32)(H,30,31)(H,33,34)/t16-,18?,20-/m0/s1. The van der Waals surface area contributed by atoms with Gasteiger partial charge in [0.1, 0.15) is 5.75 Å². The van der Waals surface area contributed by atoms with Gasteiger partial charge in [-0.3, -0.25) is 9.59 Å². The zero-order valence-corrected chi connectivity index (χ0v) is 18.7. The van der Waals surface area contributed by atoms with Crippen molar-refractivity contribution in [1.29, 1.82) is 0 Å². The minimum absolute atomic E-state index is 0.205. The Morgan fingerprint density at radius 3 is 2.43 bits per heavy atom. The summed E-state index contributed by atoms with van der Waals surface area (Å²) >= 11 is 0. The van der Waals surface area contributed by atoms with E-state index in [4.69, 9.17) is 9.84 Å². The molecule has 188 valence electrons. The third kappa shape index (κ3) is 7.90. The molecular weight excluding hydrogens is 467 g/mol. The number of carboxylic acid groups (broad SMARTS) is 1. The van der Waals surface area contributed by atoms with Gasteiger partial charge in [-0.25, -0.2) is 4.79 Å². The number of para-hydroxylation sites is 1. The number of carbonyl (C=O) groups excluding carboxylic acids is 2. The molecule has 2 aromatic carbocycles. The quantitative estimate of drug-likeness (QED) is 0.450. The van der Waals surface area contributed by atoms with Gasteiger partial charge in [0.05, 0.1) is 18.7 Å². The van der Waals surface area contributed by atoms with Gasteiger partial charge in [0.25, 0.3) is 5.91 Å². The topological polar surface area (TPSA) is 117 Å². The fourth-order valence-corrected chi connectivity index (χ4v) is 4.02. The second kappa shape index (κ2) is 11.6. The third-order valence-corrected chi connectivity index (χ3v) is 5.73. The molecule has 1 aliphatic carbocycles. The van der Waals surface area contributed by atoms with Gasteiger partial charge < -0.3 is 25.8 Å². The molecule has 35 heavy (non-hydrogen) atoms. The molecule has 0 heterocycles. The number of benzene rings is 2. The predicted octanol–water partition coefficient (Wildman–Crippen LogP) is 3.44. The third-order valence-electron chi connectivity index (χ3n) is 5.73. The van der Waals surface area contributed by atoms with Crippen LogP contribution in [0.1, 0.15) is 35.2 Å². The number of nitrogens with one attached hydrogen (secondary N) is 3. The fraction of sp³-hybridized carbons (Fsp3) is 0.375. The van der Waals surface area contributed by atoms with Crippen LogP contribution in [0.2, 0.25) is 0 Å². The summed E-state index contributed by atoms with van der Waals surface area (Å²) in [5.41, 5.74) is -1.16. The van der Waals surface area contributed by atoms with Crippen molar-refractivity contribution in [2.75, 3.05) is 13.2 Å². The molecule has 3 amide bonds. The first-order chi connectivity index (χ1) is 16.6. The molecule has 2 aromatic rings. The summed E-state index contributed by atoms with van der Waals surface area (Å²) in [6, 6.07) is 12.4. The van der Waals surface area contributed by atoms with Crippen molar-refractivity contribution in [2.45, 2.75) is 37.5 Å². The predicted molar refractivity (Wildman–Crippen MR) is 120 cm³/mol. The lowest BCUT2D eigenvalue weighted by Crippen LogP contribution is -2.52. The first kappa shape index (κ1) is 25.9. The molecule has 0 spiro atoms. The maximum atomic E-state index is 12.9. The Bertz CT molecular complexity index is 1030. The monoisotopic (exact) mass is 493 g/mol. The Balaban J connectivity index is 1.57. The largest absolute Gasteiger partial charge is 0.493 e. The number of ether oxygens (including phenoxy) is 1. The highest BCUT2D eigenvalue weighted by molar-refractivity contribution is 5.96. The van der Waals surface area contributed by atoms with Crippen LogP contribution < -0.4 is 20.7 Å². The van der Waals surface area contributed by atoms with Gasteiger partial charge in [-0.05, 0) is 49.6 Å². The zero-order chi connectivity index (χ0) is 25.4. The van der Waals surface area contributed by atoms with E-state index in [1.54, 1.807) is 12.1 Å². The van der Waals surface area contributed by atoms with Crippen molar-refractivity contribution < 1.29 is 37.4 Å². The van der Waals surface area contributed by atoms with Crippen LogP contribution in [0.5, 0.6) is 5.75 Å². The summed E-state index contributed by atoms with van der Waals surface area (Å²) in [5.74, 6) is -0.877. The van der Waals surface area contributed by atoms with Gasteiger partial charge in [0.2, 0.25) is 5.91 Å². The SMILES string of the molecule is O=C(O)NC1CC[C@H](NC(=O)CNC(=O)c2cccc(C(F)(F)F)c2)[C@H](COc2ccccc2)C1. The Morgan fingerprint density at radius 1 is 1.00 bits per heavy atom. The lowest BCUT2D eigenvalue weighted by atomic mass is 9.82. The molecule has 0 aromatic heterocycles. The summed E-state index contributed by atoms with van der Waals surface area (Å²) in [6.45, 7) is -0.183. The van der Waals surface area contributed by atoms with E-state index < -0.39 is 36.2 Å². The van der Waals surface area contributed by atoms with E-state index in [1.807, 2.05) is 18.2 Å². The van der Waals surface area contributed by atoms with Crippen molar-refractivity contribution in [3.8, 4) is 5.75 Å². The van der Waals surface area contributed by atoms with Crippen LogP contribution in [-0.4, -0.2) is 48.2 Å². The van der Waals surface area contributed by atoms with Crippen LogP contribution in [0.15, 0.2) is 54.6 Å². The Kier molecular flexibility index (Phi) is 8.56. The number of halogens is 3. The molecule has 0 saturated heterocycles. The molecule has 8 nitrogen and oxygen atoms in total. The second-order valence-electron chi connectivity index (χ2n) is 8.28. The van der Waals surface area contributed by atoms with E-state index >= 15 is 0 Å². The molecule has 0 aliphatic heterocycles. The van der Waals surface area contributed by atoms with Crippen LogP contribution in [0.3, 0.4) is 0 Å². The molecule has 4 N–H and O–H groups in total. The highest BCUT2D eigenvalue weighted by atomic mass is 19.4. The van der Waals surface area contributed by atoms with Gasteiger partial charge in [0, 0.05) is 23.6 Å². The van der Waals surface area contributed by atoms with Gasteiger partial charge in [-0.1, -0.05) is 24.3 Å². The molecular formula is C24H26F3N3O5. The lowest BCUT2D eigenvalue weighted by molar-refractivity contribution is -0.137. The summed E-state index contributed by atoms with van der Waals surface area (Å²) in [6.07, 6.45) is -4.27. The summed E-state index contributed by atoms with van der Waals surface area (Å²) in [5, 5.41) is 16.7. The van der Waals surface area contributed by atoms with Crippen LogP contribution in [0.4, 0.5) is 18.0 Å². The number of carbonyl (C=O) groups is 3. The molecule has 1 aliphatic rings. The van der Waals surface area contributed by atoms with Crippen LogP contribution >= 0.6 is 0 Å². The highest BCUT2D eigenvalue weighted by Crippen LogP contribution is 2.29. The molecule has 3 rings (SSSR count). The maximum absolute atomic E-state index is 12.9. The highest BCUT2D eigenvalue weighted by Gasteiger charge is 2.33. The zero-order valence-electron chi connectivity index (χ0n) is 18.7. The minimum atomic E-state index is -4.58. The first-order valence-electron chi connectivity index (χ1n) is 11.0. The van der Waals surface area contributed by atoms with Crippen LogP contribution in [0, 0.1) is 5.92 Å². The molecule has 3 atom stereocenters. The molecule has 0 bridgehead atoms. The van der Waals surface area contributed by atoms with Crippen molar-refractivity contribution in [1.82, 2.24) is 16.0 Å². The Labute approximate surface area is 199 Å². The van der Waals surface area contributed by atoms with Gasteiger partial charge in [-0.2, -0.15) is 13.2 Å². The molecule has 1 unspecified atom stereocenters. The van der Waals surface area contributed by atoms with E-state index in [0.717, 1.165) is 18.2 Å². The van der Waals surface area contributed by atoms with Crippen molar-refractivity contribution in [3.63, 3.8) is 0 Å². The molecule has 1 fully saturated rings. The van der Waals surface area contributed by atoms with Crippen LogP contribution in [0.25, 0.3) is 0 Å². The average molecular weight is 493 g/mol. The molecule has 1 saturated carbocycles. The second-order valence-corrected chi connectivity index (χ2v) is 8.28. The lowest BCUT2D eigenvalue weighted by Gasteiger charge is -2.36. The average Bonchev–Trinajstić information content (AvgIpc) is 2.82. The first-order valence-corrected chi connectivity index (χ1v) is 11.0. The van der Waals surface area contributed by atoms with Gasteiger partial charge in [0.15, 0.2) is 0 Å². The number of amides is 3. The van der Waals surface area contributed by atoms with Crippen molar-refractivity contribution in [3.05, 3.63) is 65.7 Å². The number of hydrogen-bond donors (Lipinski definition) is 4. The minimum Gasteiger partial charge on any atom is -0.493 e. The normalized spacial score (nSPS) is 19.9. The van der Waals surface area contributed by atoms with Gasteiger partial charge >= 0.3 is 12.3 Å². The van der Waals surface area contributed by atoms with E-state index in [1.165, 1.54) is 6.07 Å². The van der Waals surface area contributed by atoms with E-state index in [2.05, 4.69) is 16.0 Å². The van der Waals surface area contributed by atoms with Crippen molar-refractivity contribution >= 4 is 17.9 Å². The number of hydrogen-bond acceptors (Lipinski definition) is 4. The van der Waals surface area contributed by atoms with E-state index in [-0.39, 0.29) is 30.2 Å². The summed E-state index contributed by atoms with van der Waals surface area (Å²) in [4.78, 5) is 35.8. The van der Waals surface area contributed by atoms with Crippen molar-refractivity contribution in [2.24, 2.45) is 5.92 Å². The van der Waals surface area contributed by atoms with Gasteiger partial charge in [-0.15, -0.1) is 0 Å². The molecule has 0 radical (unpaired) electrons. The summed E-state index contributed by atoms with van der Waals surface area (Å²) < 4.78 is 44.4. The van der Waals surface area contributed by atoms with E-state index in [0.29, 0.717) is 25.0 Å². The number of alkyl halides is 3. The maximum Gasteiger partial charge on any atom is 0.416 e.